The molecule has 0 radical (unpaired) electrons. The van der Waals surface area contributed by atoms with Crippen molar-refractivity contribution in [3.05, 3.63) is 58.9 Å². The molecule has 6 heteroatoms. The highest BCUT2D eigenvalue weighted by atomic mass is 19.4. The number of nitrogens with one attached hydrogen (secondary N) is 1. The molecule has 0 saturated heterocycles. The maximum atomic E-state index is 13.0. The zero-order chi connectivity index (χ0) is 15.6. The SMILES string of the molecule is Cc1ccc(Nc2ccc(F)cc2C#N)cc1C(F)(F)F. The highest BCUT2D eigenvalue weighted by Gasteiger charge is 2.32. The monoisotopic (exact) mass is 294 g/mol. The normalized spacial score (nSPS) is 11.0. The van der Waals surface area contributed by atoms with Gasteiger partial charge in [-0.05, 0) is 42.8 Å². The molecule has 0 aliphatic carbocycles. The number of nitrogens with zero attached hydrogens (tertiary/aromatic N) is 1. The van der Waals surface area contributed by atoms with E-state index in [9.17, 15) is 17.6 Å². The molecule has 0 heterocycles. The minimum absolute atomic E-state index is 0.0177. The van der Waals surface area contributed by atoms with Crippen molar-refractivity contribution in [1.29, 1.82) is 5.26 Å². The Morgan fingerprint density at radius 2 is 1.81 bits per heavy atom. The van der Waals surface area contributed by atoms with Crippen LogP contribution in [0, 0.1) is 24.1 Å². The molecule has 0 bridgehead atoms. The number of halogens is 4. The van der Waals surface area contributed by atoms with E-state index >= 15 is 0 Å². The van der Waals surface area contributed by atoms with Gasteiger partial charge in [-0.25, -0.2) is 4.39 Å². The summed E-state index contributed by atoms with van der Waals surface area (Å²) in [4.78, 5) is 0. The van der Waals surface area contributed by atoms with E-state index in [0.29, 0.717) is 0 Å². The Morgan fingerprint density at radius 3 is 2.43 bits per heavy atom. The highest BCUT2D eigenvalue weighted by molar-refractivity contribution is 5.67. The van der Waals surface area contributed by atoms with Gasteiger partial charge in [-0.3, -0.25) is 0 Å². The van der Waals surface area contributed by atoms with Crippen LogP contribution in [-0.4, -0.2) is 0 Å². The van der Waals surface area contributed by atoms with Crippen LogP contribution >= 0.6 is 0 Å². The first-order chi connectivity index (χ1) is 9.81. The second-order valence-electron chi connectivity index (χ2n) is 4.45. The number of rotatable bonds is 2. The topological polar surface area (TPSA) is 35.8 Å². The van der Waals surface area contributed by atoms with Crippen molar-refractivity contribution < 1.29 is 17.6 Å². The van der Waals surface area contributed by atoms with Crippen molar-refractivity contribution in [2.75, 3.05) is 5.32 Å². The maximum Gasteiger partial charge on any atom is 0.416 e. The predicted molar refractivity (Wildman–Crippen MR) is 70.6 cm³/mol. The summed E-state index contributed by atoms with van der Waals surface area (Å²) in [6.45, 7) is 1.37. The van der Waals surface area contributed by atoms with Gasteiger partial charge in [0.1, 0.15) is 11.9 Å². The molecular weight excluding hydrogens is 284 g/mol. The van der Waals surface area contributed by atoms with E-state index in [0.717, 1.165) is 18.2 Å². The highest BCUT2D eigenvalue weighted by Crippen LogP contribution is 2.34. The Morgan fingerprint density at radius 1 is 1.10 bits per heavy atom. The van der Waals surface area contributed by atoms with Crippen LogP contribution in [-0.2, 0) is 6.18 Å². The fraction of sp³-hybridized carbons (Fsp3) is 0.133. The van der Waals surface area contributed by atoms with Gasteiger partial charge in [-0.1, -0.05) is 6.07 Å². The van der Waals surface area contributed by atoms with Crippen LogP contribution in [0.1, 0.15) is 16.7 Å². The third-order valence-electron chi connectivity index (χ3n) is 2.92. The van der Waals surface area contributed by atoms with Crippen molar-refractivity contribution in [1.82, 2.24) is 0 Å². The van der Waals surface area contributed by atoms with Crippen molar-refractivity contribution in [2.24, 2.45) is 0 Å². The third-order valence-corrected chi connectivity index (χ3v) is 2.92. The molecule has 108 valence electrons. The van der Waals surface area contributed by atoms with Gasteiger partial charge in [-0.15, -0.1) is 0 Å². The van der Waals surface area contributed by atoms with Gasteiger partial charge in [0.15, 0.2) is 0 Å². The Kier molecular flexibility index (Phi) is 3.85. The molecule has 0 aromatic heterocycles. The standard InChI is InChI=1S/C15H10F4N2/c1-9-2-4-12(7-13(9)15(17,18)19)21-14-5-3-11(16)6-10(14)8-20/h2-7,21H,1H3. The van der Waals surface area contributed by atoms with Crippen LogP contribution in [0.5, 0.6) is 0 Å². The first-order valence-corrected chi connectivity index (χ1v) is 5.96. The summed E-state index contributed by atoms with van der Waals surface area (Å²) in [5.74, 6) is -0.586. The number of anilines is 2. The molecule has 0 saturated carbocycles. The average Bonchev–Trinajstić information content (AvgIpc) is 2.41. The van der Waals surface area contributed by atoms with Crippen molar-refractivity contribution in [2.45, 2.75) is 13.1 Å². The molecule has 0 aliphatic rings. The van der Waals surface area contributed by atoms with Crippen LogP contribution in [0.3, 0.4) is 0 Å². The number of nitriles is 1. The van der Waals surface area contributed by atoms with E-state index in [-0.39, 0.29) is 22.5 Å². The summed E-state index contributed by atoms with van der Waals surface area (Å²) in [5, 5.41) is 11.6. The lowest BCUT2D eigenvalue weighted by molar-refractivity contribution is -0.138. The third kappa shape index (κ3) is 3.31. The number of hydrogen-bond donors (Lipinski definition) is 1. The van der Waals surface area contributed by atoms with Gasteiger partial charge in [-0.2, -0.15) is 18.4 Å². The van der Waals surface area contributed by atoms with Crippen LogP contribution in [0.2, 0.25) is 0 Å². The summed E-state index contributed by atoms with van der Waals surface area (Å²) in [7, 11) is 0. The summed E-state index contributed by atoms with van der Waals surface area (Å²) >= 11 is 0. The molecule has 0 atom stereocenters. The molecular formula is C15H10F4N2. The summed E-state index contributed by atoms with van der Waals surface area (Å²) in [5.41, 5.74) is -0.211. The molecule has 0 fully saturated rings. The Labute approximate surface area is 118 Å². The molecule has 2 rings (SSSR count). The van der Waals surface area contributed by atoms with Gasteiger partial charge in [0, 0.05) is 5.69 Å². The van der Waals surface area contributed by atoms with E-state index in [1.807, 2.05) is 0 Å². The molecule has 2 nitrogen and oxygen atoms in total. The van der Waals surface area contributed by atoms with Crippen LogP contribution < -0.4 is 5.32 Å². The largest absolute Gasteiger partial charge is 0.416 e. The van der Waals surface area contributed by atoms with Crippen LogP contribution in [0.25, 0.3) is 0 Å². The number of hydrogen-bond acceptors (Lipinski definition) is 2. The number of alkyl halides is 3. The lowest BCUT2D eigenvalue weighted by Crippen LogP contribution is -2.08. The second kappa shape index (κ2) is 5.44. The van der Waals surface area contributed by atoms with Crippen LogP contribution in [0.4, 0.5) is 28.9 Å². The minimum atomic E-state index is -4.46. The zero-order valence-electron chi connectivity index (χ0n) is 10.9. The Bertz CT molecular complexity index is 715. The van der Waals surface area contributed by atoms with Gasteiger partial charge in [0.25, 0.3) is 0 Å². The van der Waals surface area contributed by atoms with Gasteiger partial charge in [0.2, 0.25) is 0 Å². The van der Waals surface area contributed by atoms with Crippen molar-refractivity contribution in [3.8, 4) is 6.07 Å². The summed E-state index contributed by atoms with van der Waals surface area (Å²) in [6, 6.07) is 9.00. The molecule has 0 amide bonds. The average molecular weight is 294 g/mol. The van der Waals surface area contributed by atoms with E-state index in [2.05, 4.69) is 5.32 Å². The zero-order valence-corrected chi connectivity index (χ0v) is 10.9. The number of aryl methyl sites for hydroxylation is 1. The van der Waals surface area contributed by atoms with E-state index < -0.39 is 17.6 Å². The van der Waals surface area contributed by atoms with Gasteiger partial charge >= 0.3 is 6.18 Å². The summed E-state index contributed by atoms with van der Waals surface area (Å²) in [6.07, 6.45) is -4.46. The smallest absolute Gasteiger partial charge is 0.354 e. The molecule has 2 aromatic rings. The van der Waals surface area contributed by atoms with Crippen LogP contribution in [0.15, 0.2) is 36.4 Å². The van der Waals surface area contributed by atoms with Gasteiger partial charge in [0.05, 0.1) is 16.8 Å². The molecule has 0 spiro atoms. The number of benzene rings is 2. The fourth-order valence-electron chi connectivity index (χ4n) is 1.88. The van der Waals surface area contributed by atoms with Crippen molar-refractivity contribution in [3.63, 3.8) is 0 Å². The van der Waals surface area contributed by atoms with Gasteiger partial charge < -0.3 is 5.32 Å². The first kappa shape index (κ1) is 14.9. The summed E-state index contributed by atoms with van der Waals surface area (Å²) < 4.78 is 51.5. The molecule has 2 aromatic carbocycles. The Hall–Kier alpha value is -2.55. The molecule has 0 aliphatic heterocycles. The first-order valence-electron chi connectivity index (χ1n) is 5.96. The van der Waals surface area contributed by atoms with Crippen molar-refractivity contribution >= 4 is 11.4 Å². The fourth-order valence-corrected chi connectivity index (χ4v) is 1.88. The Balaban J connectivity index is 2.40. The lowest BCUT2D eigenvalue weighted by Gasteiger charge is -2.14. The maximum absolute atomic E-state index is 13.0. The minimum Gasteiger partial charge on any atom is -0.354 e. The van der Waals surface area contributed by atoms with E-state index in [1.165, 1.54) is 25.1 Å². The van der Waals surface area contributed by atoms with E-state index in [4.69, 9.17) is 5.26 Å². The van der Waals surface area contributed by atoms with E-state index in [1.54, 1.807) is 6.07 Å². The quantitative estimate of drug-likeness (QED) is 0.810. The molecule has 0 unspecified atom stereocenters. The lowest BCUT2D eigenvalue weighted by atomic mass is 10.1. The molecule has 21 heavy (non-hydrogen) atoms. The predicted octanol–water partition coefficient (Wildman–Crippen LogP) is 4.77. The second-order valence-corrected chi connectivity index (χ2v) is 4.45. The molecule has 1 N–H and O–H groups in total.